The minimum Gasteiger partial charge on any atom is -0.460 e. The summed E-state index contributed by atoms with van der Waals surface area (Å²) < 4.78 is 20.2. The van der Waals surface area contributed by atoms with Crippen LogP contribution in [0.15, 0.2) is 0 Å². The van der Waals surface area contributed by atoms with Gasteiger partial charge in [-0.3, -0.25) is 4.79 Å². The largest absolute Gasteiger partial charge is 0.460 e. The summed E-state index contributed by atoms with van der Waals surface area (Å²) in [6, 6.07) is 0. The molecular weight excluding hydrogens is 360 g/mol. The van der Waals surface area contributed by atoms with Gasteiger partial charge in [-0.05, 0) is 0 Å². The van der Waals surface area contributed by atoms with E-state index < -0.39 is 80.6 Å². The maximum Gasteiger partial charge on any atom is 0.302 e. The molecule has 2 aliphatic rings. The van der Waals surface area contributed by atoms with Crippen molar-refractivity contribution in [1.82, 2.24) is 0 Å². The Labute approximate surface area is 148 Å². The van der Waals surface area contributed by atoms with E-state index in [-0.39, 0.29) is 0 Å². The van der Waals surface area contributed by atoms with Crippen molar-refractivity contribution in [3.05, 3.63) is 0 Å². The standard InChI is InChI=1S/C14H24O12/c1-5(17)23-4-14(22)12(21)11(7(3-16)26-14)25-13-10(20)9(19)8(18)6(2-15)24-13/h6-13,15-16,18-22H,2-4H2,1H3/t6-,7-,8+,9+,10-,11-,12+,13?,14-/m1/s1. The van der Waals surface area contributed by atoms with Crippen LogP contribution < -0.4 is 0 Å². The number of ether oxygens (including phenoxy) is 4. The normalized spacial score (nSPS) is 46.3. The molecule has 12 nitrogen and oxygen atoms in total. The highest BCUT2D eigenvalue weighted by atomic mass is 16.7. The summed E-state index contributed by atoms with van der Waals surface area (Å²) in [5.74, 6) is -3.12. The van der Waals surface area contributed by atoms with Crippen LogP contribution in [0.3, 0.4) is 0 Å². The number of aliphatic hydroxyl groups is 7. The molecule has 0 saturated carbocycles. The molecule has 9 atom stereocenters. The zero-order valence-corrected chi connectivity index (χ0v) is 13.9. The van der Waals surface area contributed by atoms with Crippen molar-refractivity contribution in [1.29, 1.82) is 0 Å². The highest BCUT2D eigenvalue weighted by Crippen LogP contribution is 2.34. The van der Waals surface area contributed by atoms with Crippen LogP contribution in [0.1, 0.15) is 6.92 Å². The van der Waals surface area contributed by atoms with Gasteiger partial charge in [-0.1, -0.05) is 0 Å². The molecule has 2 rings (SSSR count). The first kappa shape index (κ1) is 21.4. The van der Waals surface area contributed by atoms with Crippen molar-refractivity contribution >= 4 is 5.97 Å². The fourth-order valence-electron chi connectivity index (χ4n) is 2.82. The molecule has 0 aromatic rings. The molecule has 0 aliphatic carbocycles. The number of rotatable bonds is 6. The highest BCUT2D eigenvalue weighted by Gasteiger charge is 2.57. The molecule has 26 heavy (non-hydrogen) atoms. The first-order valence-electron chi connectivity index (χ1n) is 7.93. The van der Waals surface area contributed by atoms with Crippen molar-refractivity contribution in [2.45, 2.75) is 61.7 Å². The van der Waals surface area contributed by atoms with E-state index in [0.717, 1.165) is 6.92 Å². The Hall–Kier alpha value is -0.930. The van der Waals surface area contributed by atoms with Gasteiger partial charge in [0.05, 0.1) is 13.2 Å². The van der Waals surface area contributed by atoms with E-state index in [0.29, 0.717) is 0 Å². The Morgan fingerprint density at radius 3 is 2.19 bits per heavy atom. The molecule has 152 valence electrons. The van der Waals surface area contributed by atoms with Crippen molar-refractivity contribution in [3.63, 3.8) is 0 Å². The van der Waals surface area contributed by atoms with E-state index in [4.69, 9.17) is 19.3 Å². The third-order valence-corrected chi connectivity index (χ3v) is 4.30. The maximum atomic E-state index is 10.9. The van der Waals surface area contributed by atoms with Crippen molar-refractivity contribution in [2.75, 3.05) is 19.8 Å². The minimum atomic E-state index is -2.38. The lowest BCUT2D eigenvalue weighted by atomic mass is 9.99. The van der Waals surface area contributed by atoms with Gasteiger partial charge in [0.1, 0.15) is 49.3 Å². The number of esters is 1. The van der Waals surface area contributed by atoms with Gasteiger partial charge in [0.15, 0.2) is 6.29 Å². The third-order valence-electron chi connectivity index (χ3n) is 4.30. The molecule has 0 aromatic carbocycles. The summed E-state index contributed by atoms with van der Waals surface area (Å²) in [7, 11) is 0. The van der Waals surface area contributed by atoms with Gasteiger partial charge in [-0.2, -0.15) is 0 Å². The van der Waals surface area contributed by atoms with Crippen molar-refractivity contribution < 1.29 is 59.5 Å². The van der Waals surface area contributed by atoms with Crippen LogP contribution in [0.5, 0.6) is 0 Å². The van der Waals surface area contributed by atoms with Crippen LogP contribution in [0, 0.1) is 0 Å². The number of carbonyl (C=O) groups is 1. The molecule has 0 amide bonds. The summed E-state index contributed by atoms with van der Waals surface area (Å²) >= 11 is 0. The Morgan fingerprint density at radius 1 is 1.04 bits per heavy atom. The lowest BCUT2D eigenvalue weighted by molar-refractivity contribution is -0.318. The Morgan fingerprint density at radius 2 is 1.65 bits per heavy atom. The molecule has 0 bridgehead atoms. The predicted octanol–water partition coefficient (Wildman–Crippen LogP) is -4.82. The number of hydrogen-bond acceptors (Lipinski definition) is 12. The Kier molecular flexibility index (Phi) is 6.90. The molecule has 0 aromatic heterocycles. The summed E-state index contributed by atoms with van der Waals surface area (Å²) in [6.07, 6.45) is -12.5. The molecule has 12 heteroatoms. The van der Waals surface area contributed by atoms with E-state index >= 15 is 0 Å². The smallest absolute Gasteiger partial charge is 0.302 e. The van der Waals surface area contributed by atoms with E-state index in [1.165, 1.54) is 0 Å². The first-order valence-corrected chi connectivity index (χ1v) is 7.93. The van der Waals surface area contributed by atoms with E-state index in [2.05, 4.69) is 4.74 Å². The van der Waals surface area contributed by atoms with Crippen LogP contribution in [0.25, 0.3) is 0 Å². The second-order valence-electron chi connectivity index (χ2n) is 6.21. The van der Waals surface area contributed by atoms with E-state index in [1.54, 1.807) is 0 Å². The summed E-state index contributed by atoms with van der Waals surface area (Å²) in [5, 5.41) is 68.6. The van der Waals surface area contributed by atoms with Gasteiger partial charge in [-0.15, -0.1) is 0 Å². The molecule has 2 saturated heterocycles. The summed E-state index contributed by atoms with van der Waals surface area (Å²) in [4.78, 5) is 10.9. The van der Waals surface area contributed by atoms with Gasteiger partial charge < -0.3 is 54.7 Å². The molecule has 0 spiro atoms. The van der Waals surface area contributed by atoms with E-state index in [9.17, 15) is 35.4 Å². The van der Waals surface area contributed by atoms with Crippen molar-refractivity contribution in [3.8, 4) is 0 Å². The Bertz CT molecular complexity index is 487. The highest BCUT2D eigenvalue weighted by molar-refractivity contribution is 5.65. The number of carbonyl (C=O) groups excluding carboxylic acids is 1. The predicted molar refractivity (Wildman–Crippen MR) is 78.2 cm³/mol. The third kappa shape index (κ3) is 4.14. The topological polar surface area (TPSA) is 196 Å². The molecule has 7 N–H and O–H groups in total. The Balaban J connectivity index is 2.12. The zero-order valence-electron chi connectivity index (χ0n) is 13.9. The maximum absolute atomic E-state index is 10.9. The summed E-state index contributed by atoms with van der Waals surface area (Å²) in [5.41, 5.74) is 0. The lowest BCUT2D eigenvalue weighted by Crippen LogP contribution is -2.60. The van der Waals surface area contributed by atoms with Crippen LogP contribution in [-0.4, -0.2) is 116 Å². The average Bonchev–Trinajstić information content (AvgIpc) is 2.85. The van der Waals surface area contributed by atoms with Crippen LogP contribution >= 0.6 is 0 Å². The first-order chi connectivity index (χ1) is 12.1. The second kappa shape index (κ2) is 8.39. The van der Waals surface area contributed by atoms with Gasteiger partial charge in [0, 0.05) is 6.92 Å². The number of aliphatic hydroxyl groups excluding tert-OH is 6. The molecule has 2 heterocycles. The lowest BCUT2D eigenvalue weighted by Gasteiger charge is -2.41. The van der Waals surface area contributed by atoms with Crippen molar-refractivity contribution in [2.24, 2.45) is 0 Å². The fraction of sp³-hybridized carbons (Fsp3) is 0.929. The molecule has 2 fully saturated rings. The minimum absolute atomic E-state index is 0.686. The second-order valence-corrected chi connectivity index (χ2v) is 6.21. The average molecular weight is 384 g/mol. The van der Waals surface area contributed by atoms with E-state index in [1.807, 2.05) is 0 Å². The van der Waals surface area contributed by atoms with Gasteiger partial charge in [0.25, 0.3) is 0 Å². The summed E-state index contributed by atoms with van der Waals surface area (Å²) in [6.45, 7) is -1.05. The van der Waals surface area contributed by atoms with Gasteiger partial charge in [-0.25, -0.2) is 0 Å². The molecule has 2 aliphatic heterocycles. The van der Waals surface area contributed by atoms with Crippen LogP contribution in [-0.2, 0) is 23.7 Å². The molecule has 0 radical (unpaired) electrons. The van der Waals surface area contributed by atoms with Gasteiger partial charge >= 0.3 is 5.97 Å². The quantitative estimate of drug-likeness (QED) is 0.216. The SMILES string of the molecule is CC(=O)OC[C@@]1(O)O[C@H](CO)[C@@H](OC2O[C@H](CO)[C@H](O)[C@H](O)[C@H]2O)[C@@H]1O. The monoisotopic (exact) mass is 384 g/mol. The van der Waals surface area contributed by atoms with Crippen LogP contribution in [0.4, 0.5) is 0 Å². The fourth-order valence-corrected chi connectivity index (χ4v) is 2.82. The zero-order chi connectivity index (χ0) is 19.6. The van der Waals surface area contributed by atoms with Crippen LogP contribution in [0.2, 0.25) is 0 Å². The molecular formula is C14H24O12. The molecule has 1 unspecified atom stereocenters. The van der Waals surface area contributed by atoms with Gasteiger partial charge in [0.2, 0.25) is 5.79 Å². The number of hydrogen-bond donors (Lipinski definition) is 7.